The van der Waals surface area contributed by atoms with Crippen LogP contribution in [0, 0.1) is 5.92 Å². The van der Waals surface area contributed by atoms with Gasteiger partial charge in [0, 0.05) is 38.6 Å². The summed E-state index contributed by atoms with van der Waals surface area (Å²) in [5, 5.41) is 8.57. The highest BCUT2D eigenvalue weighted by molar-refractivity contribution is 5.81. The molecule has 5 heteroatoms. The van der Waals surface area contributed by atoms with Crippen molar-refractivity contribution >= 4 is 11.9 Å². The summed E-state index contributed by atoms with van der Waals surface area (Å²) in [7, 11) is 0. The minimum Gasteiger partial charge on any atom is -0.481 e. The van der Waals surface area contributed by atoms with Crippen LogP contribution in [-0.4, -0.2) is 59.5 Å². The van der Waals surface area contributed by atoms with E-state index in [-0.39, 0.29) is 6.42 Å². The zero-order chi connectivity index (χ0) is 11.5. The quantitative estimate of drug-likeness (QED) is 0.734. The maximum absolute atomic E-state index is 11.7. The van der Waals surface area contributed by atoms with Crippen LogP contribution in [0.1, 0.15) is 19.3 Å². The normalized spacial score (nSPS) is 22.1. The van der Waals surface area contributed by atoms with Crippen molar-refractivity contribution in [2.45, 2.75) is 19.3 Å². The maximum Gasteiger partial charge on any atom is 0.304 e. The molecule has 0 aromatic rings. The largest absolute Gasteiger partial charge is 0.481 e. The highest BCUT2D eigenvalue weighted by Crippen LogP contribution is 2.31. The van der Waals surface area contributed by atoms with E-state index in [9.17, 15) is 9.59 Å². The van der Waals surface area contributed by atoms with Crippen molar-refractivity contribution in [3.05, 3.63) is 0 Å². The molecule has 2 rings (SSSR count). The predicted molar refractivity (Wildman–Crippen MR) is 58.0 cm³/mol. The van der Waals surface area contributed by atoms with Crippen molar-refractivity contribution < 1.29 is 14.7 Å². The Hall–Kier alpha value is -1.10. The van der Waals surface area contributed by atoms with Gasteiger partial charge in [-0.3, -0.25) is 14.5 Å². The molecule has 1 saturated heterocycles. The number of aliphatic carboxylic acids is 1. The average molecular weight is 226 g/mol. The Kier molecular flexibility index (Phi) is 3.43. The van der Waals surface area contributed by atoms with Crippen LogP contribution in [-0.2, 0) is 9.59 Å². The molecule has 0 unspecified atom stereocenters. The van der Waals surface area contributed by atoms with Crippen LogP contribution in [0.5, 0.6) is 0 Å². The van der Waals surface area contributed by atoms with Crippen molar-refractivity contribution in [2.24, 2.45) is 5.92 Å². The minimum atomic E-state index is -0.753. The molecule has 0 radical (unpaired) electrons. The van der Waals surface area contributed by atoms with Gasteiger partial charge in [-0.1, -0.05) is 0 Å². The summed E-state index contributed by atoms with van der Waals surface area (Å²) >= 11 is 0. The van der Waals surface area contributed by atoms with Crippen LogP contribution in [0.4, 0.5) is 0 Å². The number of nitrogens with zero attached hydrogens (tertiary/aromatic N) is 2. The topological polar surface area (TPSA) is 60.9 Å². The van der Waals surface area contributed by atoms with E-state index in [1.165, 1.54) is 0 Å². The van der Waals surface area contributed by atoms with E-state index in [1.54, 1.807) is 0 Å². The third-order valence-electron chi connectivity index (χ3n) is 3.25. The minimum absolute atomic E-state index is 0.191. The van der Waals surface area contributed by atoms with Gasteiger partial charge in [0.25, 0.3) is 0 Å². The van der Waals surface area contributed by atoms with Crippen molar-refractivity contribution in [2.75, 3.05) is 32.7 Å². The Morgan fingerprint density at radius 1 is 1.12 bits per heavy atom. The molecule has 2 fully saturated rings. The Balaban J connectivity index is 1.69. The lowest BCUT2D eigenvalue weighted by atomic mass is 10.2. The van der Waals surface area contributed by atoms with E-state index >= 15 is 0 Å². The Labute approximate surface area is 95.0 Å². The number of amides is 1. The summed E-state index contributed by atoms with van der Waals surface area (Å²) in [5.41, 5.74) is 0. The van der Waals surface area contributed by atoms with E-state index in [0.29, 0.717) is 18.4 Å². The summed E-state index contributed by atoms with van der Waals surface area (Å²) in [6.07, 6.45) is 2.30. The van der Waals surface area contributed by atoms with Crippen LogP contribution in [0.15, 0.2) is 0 Å². The molecule has 0 aromatic heterocycles. The summed E-state index contributed by atoms with van der Waals surface area (Å²) in [5.74, 6) is -0.153. The first-order chi connectivity index (χ1) is 7.66. The van der Waals surface area contributed by atoms with E-state index in [0.717, 1.165) is 39.0 Å². The highest BCUT2D eigenvalue weighted by atomic mass is 16.4. The number of piperazine rings is 1. The molecule has 1 aliphatic carbocycles. The molecule has 1 amide bonds. The fraction of sp³-hybridized carbons (Fsp3) is 0.818. The van der Waals surface area contributed by atoms with Gasteiger partial charge in [0.1, 0.15) is 0 Å². The number of carboxylic acid groups (broad SMARTS) is 1. The number of rotatable bonds is 4. The smallest absolute Gasteiger partial charge is 0.304 e. The lowest BCUT2D eigenvalue weighted by Crippen LogP contribution is -2.49. The van der Waals surface area contributed by atoms with Crippen LogP contribution in [0.3, 0.4) is 0 Å². The lowest BCUT2D eigenvalue weighted by Gasteiger charge is -2.34. The van der Waals surface area contributed by atoms with Crippen molar-refractivity contribution in [1.29, 1.82) is 0 Å². The Bertz CT molecular complexity index is 281. The van der Waals surface area contributed by atoms with Gasteiger partial charge in [0.05, 0.1) is 6.42 Å². The third-order valence-corrected chi connectivity index (χ3v) is 3.25. The van der Waals surface area contributed by atoms with Gasteiger partial charge in [-0.05, 0) is 12.8 Å². The number of hydrogen-bond acceptors (Lipinski definition) is 3. The zero-order valence-corrected chi connectivity index (χ0v) is 9.39. The van der Waals surface area contributed by atoms with Crippen molar-refractivity contribution in [3.63, 3.8) is 0 Å². The average Bonchev–Trinajstić information content (AvgIpc) is 3.10. The molecule has 0 atom stereocenters. The molecule has 1 aliphatic heterocycles. The molecule has 2 aliphatic rings. The lowest BCUT2D eigenvalue weighted by molar-refractivity contribution is -0.138. The molecule has 1 saturated carbocycles. The van der Waals surface area contributed by atoms with E-state index < -0.39 is 5.97 Å². The molecule has 1 N–H and O–H groups in total. The van der Waals surface area contributed by atoms with Crippen molar-refractivity contribution in [3.8, 4) is 0 Å². The molecule has 5 nitrogen and oxygen atoms in total. The summed E-state index contributed by atoms with van der Waals surface area (Å²) < 4.78 is 0. The maximum atomic E-state index is 11.7. The highest BCUT2D eigenvalue weighted by Gasteiger charge is 2.34. The second kappa shape index (κ2) is 4.82. The second-order valence-electron chi connectivity index (χ2n) is 4.58. The molecule has 16 heavy (non-hydrogen) atoms. The number of carbonyl (C=O) groups is 2. The molecule has 0 spiro atoms. The molecule has 0 aromatic carbocycles. The number of carboxylic acids is 1. The van der Waals surface area contributed by atoms with Gasteiger partial charge in [-0.15, -0.1) is 0 Å². The van der Waals surface area contributed by atoms with Crippen LogP contribution in [0.25, 0.3) is 0 Å². The van der Waals surface area contributed by atoms with Crippen molar-refractivity contribution in [1.82, 2.24) is 9.80 Å². The number of hydrogen-bond donors (Lipinski definition) is 1. The predicted octanol–water partition coefficient (Wildman–Crippen LogP) is 0.0153. The van der Waals surface area contributed by atoms with Crippen LogP contribution in [0.2, 0.25) is 0 Å². The van der Waals surface area contributed by atoms with Crippen LogP contribution < -0.4 is 0 Å². The van der Waals surface area contributed by atoms with Gasteiger partial charge < -0.3 is 10.0 Å². The van der Waals surface area contributed by atoms with E-state index in [2.05, 4.69) is 4.90 Å². The van der Waals surface area contributed by atoms with Gasteiger partial charge in [-0.25, -0.2) is 0 Å². The van der Waals surface area contributed by atoms with Gasteiger partial charge >= 0.3 is 5.97 Å². The first kappa shape index (κ1) is 11.4. The first-order valence-electron chi connectivity index (χ1n) is 5.90. The zero-order valence-electron chi connectivity index (χ0n) is 9.39. The summed E-state index contributed by atoms with van der Waals surface area (Å²) in [6, 6.07) is 0. The van der Waals surface area contributed by atoms with E-state index in [4.69, 9.17) is 5.11 Å². The van der Waals surface area contributed by atoms with Crippen LogP contribution >= 0.6 is 0 Å². The summed E-state index contributed by atoms with van der Waals surface area (Å²) in [6.45, 7) is 3.74. The second-order valence-corrected chi connectivity index (χ2v) is 4.58. The van der Waals surface area contributed by atoms with Gasteiger partial charge in [0.15, 0.2) is 0 Å². The molecule has 90 valence electrons. The monoisotopic (exact) mass is 226 g/mol. The molecular formula is C11H18N2O3. The molecule has 0 bridgehead atoms. The van der Waals surface area contributed by atoms with Gasteiger partial charge in [0.2, 0.25) is 5.91 Å². The third kappa shape index (κ3) is 2.95. The van der Waals surface area contributed by atoms with Gasteiger partial charge in [-0.2, -0.15) is 0 Å². The Morgan fingerprint density at radius 3 is 2.25 bits per heavy atom. The SMILES string of the molecule is O=C(O)CCN1CCN(C(=O)C2CC2)CC1. The van der Waals surface area contributed by atoms with E-state index in [1.807, 2.05) is 4.90 Å². The number of carbonyl (C=O) groups excluding carboxylic acids is 1. The summed E-state index contributed by atoms with van der Waals surface area (Å²) in [4.78, 5) is 26.2. The fourth-order valence-corrected chi connectivity index (χ4v) is 2.03. The standard InChI is InChI=1S/C11H18N2O3/c14-10(15)3-4-12-5-7-13(8-6-12)11(16)9-1-2-9/h9H,1-8H2,(H,14,15). The molecule has 1 heterocycles. The first-order valence-corrected chi connectivity index (χ1v) is 5.90. The Morgan fingerprint density at radius 2 is 1.75 bits per heavy atom. The molecular weight excluding hydrogens is 208 g/mol. The fourth-order valence-electron chi connectivity index (χ4n) is 2.03.